The van der Waals surface area contributed by atoms with Gasteiger partial charge in [0, 0.05) is 23.7 Å². The number of aldehydes is 1. The lowest BCUT2D eigenvalue weighted by Crippen LogP contribution is -2.26. The molecule has 0 aliphatic heterocycles. The maximum Gasteiger partial charge on any atom is 0.254 e. The Kier molecular flexibility index (Phi) is 6.67. The molecule has 4 nitrogen and oxygen atoms in total. The molecule has 3 rings (SSSR count). The molecule has 1 amide bonds. The number of rotatable bonds is 4. The molecule has 0 bridgehead atoms. The first-order chi connectivity index (χ1) is 12.1. The van der Waals surface area contributed by atoms with Crippen LogP contribution in [0, 0.1) is 0 Å². The normalized spacial score (nSPS) is 10.1. The second-order valence-electron chi connectivity index (χ2n) is 5.09. The highest BCUT2D eigenvalue weighted by Crippen LogP contribution is 2.30. The minimum atomic E-state index is -0.191. The Bertz CT molecular complexity index is 892. The van der Waals surface area contributed by atoms with E-state index in [1.807, 2.05) is 19.9 Å². The number of fused-ring (bicyclic) bond motifs is 1. The minimum absolute atomic E-state index is 0.191. The van der Waals surface area contributed by atoms with E-state index in [-0.39, 0.29) is 5.91 Å². The predicted molar refractivity (Wildman–Crippen MR) is 104 cm³/mol. The van der Waals surface area contributed by atoms with Crippen molar-refractivity contribution in [1.82, 2.24) is 9.88 Å². The van der Waals surface area contributed by atoms with E-state index in [0.29, 0.717) is 29.0 Å². The standard InChI is InChI=1S/C17H13ClN2O2S.C2H6/c1-20(17(22)13-5-3-2-4-11(13)10-21)9-12-8-15-16(23-12)14(18)6-7-19-15;1-2/h2-8,10H,9H2,1H3;1-2H3. The molecule has 2 heterocycles. The zero-order valence-corrected chi connectivity index (χ0v) is 15.9. The van der Waals surface area contributed by atoms with Crippen molar-refractivity contribution in [3.63, 3.8) is 0 Å². The molecule has 0 saturated carbocycles. The van der Waals surface area contributed by atoms with Crippen LogP contribution in [0.25, 0.3) is 10.2 Å². The van der Waals surface area contributed by atoms with E-state index < -0.39 is 0 Å². The second kappa shape index (κ2) is 8.74. The maximum atomic E-state index is 12.5. The first kappa shape index (κ1) is 19.1. The van der Waals surface area contributed by atoms with Crippen LogP contribution < -0.4 is 0 Å². The molecule has 0 fully saturated rings. The molecule has 0 atom stereocenters. The molecular weight excluding hydrogens is 356 g/mol. The molecule has 6 heteroatoms. The lowest BCUT2D eigenvalue weighted by molar-refractivity contribution is 0.0783. The van der Waals surface area contributed by atoms with Crippen LogP contribution in [0.4, 0.5) is 0 Å². The average molecular weight is 375 g/mol. The highest BCUT2D eigenvalue weighted by Gasteiger charge is 2.16. The average Bonchev–Trinajstić information content (AvgIpc) is 3.06. The Hall–Kier alpha value is -2.24. The number of hydrogen-bond donors (Lipinski definition) is 0. The molecule has 2 aromatic heterocycles. The number of halogens is 1. The van der Waals surface area contributed by atoms with Gasteiger partial charge < -0.3 is 4.90 Å². The summed E-state index contributed by atoms with van der Waals surface area (Å²) in [4.78, 5) is 30.5. The zero-order chi connectivity index (χ0) is 18.4. The van der Waals surface area contributed by atoms with E-state index in [2.05, 4.69) is 4.98 Å². The fraction of sp³-hybridized carbons (Fsp3) is 0.211. The van der Waals surface area contributed by atoms with Crippen LogP contribution in [0.2, 0.25) is 5.02 Å². The van der Waals surface area contributed by atoms with Gasteiger partial charge in [0.15, 0.2) is 6.29 Å². The predicted octanol–water partition coefficient (Wildman–Crippen LogP) is 5.06. The summed E-state index contributed by atoms with van der Waals surface area (Å²) in [6.45, 7) is 4.43. The highest BCUT2D eigenvalue weighted by atomic mass is 35.5. The number of hydrogen-bond acceptors (Lipinski definition) is 4. The van der Waals surface area contributed by atoms with Crippen LogP contribution >= 0.6 is 22.9 Å². The summed E-state index contributed by atoms with van der Waals surface area (Å²) in [6, 6.07) is 10.5. The molecule has 3 aromatic rings. The smallest absolute Gasteiger partial charge is 0.254 e. The van der Waals surface area contributed by atoms with Crippen molar-refractivity contribution < 1.29 is 9.59 Å². The monoisotopic (exact) mass is 374 g/mol. The van der Waals surface area contributed by atoms with Gasteiger partial charge in [0.1, 0.15) is 0 Å². The first-order valence-corrected chi connectivity index (χ1v) is 9.12. The molecule has 0 aliphatic carbocycles. The summed E-state index contributed by atoms with van der Waals surface area (Å²) in [7, 11) is 1.71. The summed E-state index contributed by atoms with van der Waals surface area (Å²) in [6.07, 6.45) is 2.36. The van der Waals surface area contributed by atoms with Crippen molar-refractivity contribution in [2.24, 2.45) is 0 Å². The number of nitrogens with zero attached hydrogens (tertiary/aromatic N) is 2. The van der Waals surface area contributed by atoms with Crippen LogP contribution in [0.15, 0.2) is 42.6 Å². The van der Waals surface area contributed by atoms with Crippen molar-refractivity contribution in [3.8, 4) is 0 Å². The van der Waals surface area contributed by atoms with Crippen LogP contribution in [-0.2, 0) is 6.54 Å². The van der Waals surface area contributed by atoms with E-state index in [0.717, 1.165) is 15.1 Å². The van der Waals surface area contributed by atoms with Crippen molar-refractivity contribution >= 4 is 45.3 Å². The van der Waals surface area contributed by atoms with Gasteiger partial charge in [-0.15, -0.1) is 11.3 Å². The molecule has 0 spiro atoms. The molecule has 0 saturated heterocycles. The molecule has 0 radical (unpaired) electrons. The molecule has 130 valence electrons. The lowest BCUT2D eigenvalue weighted by Gasteiger charge is -2.17. The van der Waals surface area contributed by atoms with Crippen molar-refractivity contribution in [2.75, 3.05) is 7.05 Å². The van der Waals surface area contributed by atoms with Gasteiger partial charge in [-0.25, -0.2) is 0 Å². The number of thiophene rings is 1. The molecule has 0 unspecified atom stereocenters. The number of carbonyl (C=O) groups excluding carboxylic acids is 2. The third-order valence-electron chi connectivity index (χ3n) is 3.47. The van der Waals surface area contributed by atoms with Gasteiger partial charge in [-0.05, 0) is 18.2 Å². The molecule has 25 heavy (non-hydrogen) atoms. The highest BCUT2D eigenvalue weighted by molar-refractivity contribution is 7.19. The second-order valence-corrected chi connectivity index (χ2v) is 6.63. The third-order valence-corrected chi connectivity index (χ3v) is 5.04. The molecule has 1 aromatic carbocycles. The lowest BCUT2D eigenvalue weighted by atomic mass is 10.1. The fourth-order valence-corrected chi connectivity index (χ4v) is 3.68. The summed E-state index contributed by atoms with van der Waals surface area (Å²) in [5, 5.41) is 0.659. The topological polar surface area (TPSA) is 50.3 Å². The Labute approximate surface area is 156 Å². The Balaban J connectivity index is 0.00000109. The number of aromatic nitrogens is 1. The number of carbonyl (C=O) groups is 2. The van der Waals surface area contributed by atoms with E-state index in [1.165, 1.54) is 11.3 Å². The number of benzene rings is 1. The number of pyridine rings is 1. The van der Waals surface area contributed by atoms with Crippen LogP contribution in [0.3, 0.4) is 0 Å². The zero-order valence-electron chi connectivity index (χ0n) is 14.3. The Morgan fingerprint density at radius 2 is 2.00 bits per heavy atom. The summed E-state index contributed by atoms with van der Waals surface area (Å²) >= 11 is 7.67. The first-order valence-electron chi connectivity index (χ1n) is 7.92. The summed E-state index contributed by atoms with van der Waals surface area (Å²) in [5.41, 5.74) is 1.62. The van der Waals surface area contributed by atoms with E-state index in [1.54, 1.807) is 48.5 Å². The van der Waals surface area contributed by atoms with Crippen LogP contribution in [-0.4, -0.2) is 29.1 Å². The van der Waals surface area contributed by atoms with Gasteiger partial charge in [0.25, 0.3) is 5.91 Å². The van der Waals surface area contributed by atoms with Crippen molar-refractivity contribution in [3.05, 3.63) is 63.6 Å². The van der Waals surface area contributed by atoms with Crippen LogP contribution in [0.5, 0.6) is 0 Å². The quantitative estimate of drug-likeness (QED) is 0.599. The minimum Gasteiger partial charge on any atom is -0.337 e. The van der Waals surface area contributed by atoms with E-state index >= 15 is 0 Å². The van der Waals surface area contributed by atoms with Gasteiger partial charge in [0.05, 0.1) is 27.3 Å². The van der Waals surface area contributed by atoms with Gasteiger partial charge in [-0.1, -0.05) is 43.6 Å². The Morgan fingerprint density at radius 3 is 2.68 bits per heavy atom. The molecule has 0 N–H and O–H groups in total. The van der Waals surface area contributed by atoms with E-state index in [9.17, 15) is 9.59 Å². The molecule has 0 aliphatic rings. The number of amides is 1. The SMILES string of the molecule is CC.CN(Cc1cc2nccc(Cl)c2s1)C(=O)c1ccccc1C=O. The Morgan fingerprint density at radius 1 is 1.28 bits per heavy atom. The third kappa shape index (κ3) is 4.24. The summed E-state index contributed by atoms with van der Waals surface area (Å²) < 4.78 is 0.915. The van der Waals surface area contributed by atoms with Gasteiger partial charge in [-0.3, -0.25) is 14.6 Å². The maximum absolute atomic E-state index is 12.5. The van der Waals surface area contributed by atoms with E-state index in [4.69, 9.17) is 11.6 Å². The van der Waals surface area contributed by atoms with Gasteiger partial charge >= 0.3 is 0 Å². The van der Waals surface area contributed by atoms with Crippen LogP contribution in [0.1, 0.15) is 39.4 Å². The van der Waals surface area contributed by atoms with Gasteiger partial charge in [-0.2, -0.15) is 0 Å². The summed E-state index contributed by atoms with van der Waals surface area (Å²) in [5.74, 6) is -0.191. The molecular formula is C19H19ClN2O2S. The van der Waals surface area contributed by atoms with Crippen molar-refractivity contribution in [1.29, 1.82) is 0 Å². The van der Waals surface area contributed by atoms with Gasteiger partial charge in [0.2, 0.25) is 0 Å². The largest absolute Gasteiger partial charge is 0.337 e. The van der Waals surface area contributed by atoms with Crippen molar-refractivity contribution in [2.45, 2.75) is 20.4 Å². The fourth-order valence-electron chi connectivity index (χ4n) is 2.34.